The molecule has 2 aromatic rings. The van der Waals surface area contributed by atoms with Gasteiger partial charge in [-0.3, -0.25) is 0 Å². The first-order valence-corrected chi connectivity index (χ1v) is 7.57. The van der Waals surface area contributed by atoms with Gasteiger partial charge >= 0.3 is 6.18 Å². The van der Waals surface area contributed by atoms with E-state index in [0.717, 1.165) is 30.2 Å². The van der Waals surface area contributed by atoms with E-state index in [1.165, 1.54) is 0 Å². The number of hydrogen-bond acceptors (Lipinski definition) is 4. The molecule has 0 amide bonds. The van der Waals surface area contributed by atoms with Crippen molar-refractivity contribution in [1.29, 1.82) is 0 Å². The molecule has 1 fully saturated rings. The van der Waals surface area contributed by atoms with Crippen LogP contribution < -0.4 is 10.6 Å². The minimum atomic E-state index is -4.49. The lowest BCUT2D eigenvalue weighted by Crippen LogP contribution is -2.15. The van der Waals surface area contributed by atoms with Crippen molar-refractivity contribution in [1.82, 2.24) is 9.97 Å². The number of aromatic nitrogens is 2. The lowest BCUT2D eigenvalue weighted by atomic mass is 10.1. The SMILES string of the molecule is C=Cc1cc(Nc2ncc(C(F)(F)F)c(NC3CC3)n2)ccc1C. The molecule has 0 aliphatic heterocycles. The number of rotatable bonds is 5. The van der Waals surface area contributed by atoms with Gasteiger partial charge in [0.15, 0.2) is 0 Å². The molecule has 7 heteroatoms. The van der Waals surface area contributed by atoms with E-state index in [2.05, 4.69) is 27.2 Å². The van der Waals surface area contributed by atoms with Crippen molar-refractivity contribution in [3.63, 3.8) is 0 Å². The summed E-state index contributed by atoms with van der Waals surface area (Å²) in [4.78, 5) is 7.81. The van der Waals surface area contributed by atoms with E-state index in [-0.39, 0.29) is 17.8 Å². The third-order valence-electron chi connectivity index (χ3n) is 3.77. The molecule has 0 saturated heterocycles. The summed E-state index contributed by atoms with van der Waals surface area (Å²) in [5.74, 6) is -0.0661. The maximum atomic E-state index is 13.1. The minimum Gasteiger partial charge on any atom is -0.367 e. The van der Waals surface area contributed by atoms with Crippen molar-refractivity contribution in [2.45, 2.75) is 32.0 Å². The predicted molar refractivity (Wildman–Crippen MR) is 88.2 cm³/mol. The maximum Gasteiger partial charge on any atom is 0.421 e. The first-order valence-electron chi connectivity index (χ1n) is 7.57. The van der Waals surface area contributed by atoms with E-state index in [4.69, 9.17) is 0 Å². The van der Waals surface area contributed by atoms with Crippen molar-refractivity contribution >= 4 is 23.5 Å². The van der Waals surface area contributed by atoms with Crippen LogP contribution in [0.2, 0.25) is 0 Å². The van der Waals surface area contributed by atoms with Gasteiger partial charge in [-0.15, -0.1) is 0 Å². The summed E-state index contributed by atoms with van der Waals surface area (Å²) in [7, 11) is 0. The van der Waals surface area contributed by atoms with Gasteiger partial charge in [-0.2, -0.15) is 18.2 Å². The monoisotopic (exact) mass is 334 g/mol. The normalized spacial score (nSPS) is 14.3. The van der Waals surface area contributed by atoms with Crippen LogP contribution in [0, 0.1) is 6.92 Å². The summed E-state index contributed by atoms with van der Waals surface area (Å²) in [6.45, 7) is 5.69. The summed E-state index contributed by atoms with van der Waals surface area (Å²) in [6.07, 6.45) is -0.262. The third kappa shape index (κ3) is 3.67. The van der Waals surface area contributed by atoms with Crippen LogP contribution in [0.4, 0.5) is 30.6 Å². The highest BCUT2D eigenvalue weighted by atomic mass is 19.4. The van der Waals surface area contributed by atoms with Crippen LogP contribution in [-0.4, -0.2) is 16.0 Å². The highest BCUT2D eigenvalue weighted by Crippen LogP contribution is 2.36. The fourth-order valence-electron chi connectivity index (χ4n) is 2.25. The van der Waals surface area contributed by atoms with Crippen molar-refractivity contribution in [2.75, 3.05) is 10.6 Å². The lowest BCUT2D eigenvalue weighted by molar-refractivity contribution is -0.137. The van der Waals surface area contributed by atoms with E-state index in [1.54, 1.807) is 6.08 Å². The first-order chi connectivity index (χ1) is 11.4. The molecule has 1 saturated carbocycles. The highest BCUT2D eigenvalue weighted by Gasteiger charge is 2.36. The Morgan fingerprint density at radius 1 is 1.29 bits per heavy atom. The van der Waals surface area contributed by atoms with Crippen LogP contribution in [0.5, 0.6) is 0 Å². The maximum absolute atomic E-state index is 13.1. The highest BCUT2D eigenvalue weighted by molar-refractivity contribution is 5.63. The number of benzene rings is 1. The molecular weight excluding hydrogens is 317 g/mol. The van der Waals surface area contributed by atoms with Crippen LogP contribution in [-0.2, 0) is 6.18 Å². The molecule has 1 aliphatic rings. The van der Waals surface area contributed by atoms with Gasteiger partial charge in [-0.25, -0.2) is 4.98 Å². The first kappa shape index (κ1) is 16.3. The van der Waals surface area contributed by atoms with E-state index in [9.17, 15) is 13.2 Å². The van der Waals surface area contributed by atoms with Gasteiger partial charge in [0.05, 0.1) is 0 Å². The lowest BCUT2D eigenvalue weighted by Gasteiger charge is -2.14. The molecule has 0 radical (unpaired) electrons. The second-order valence-electron chi connectivity index (χ2n) is 5.77. The van der Waals surface area contributed by atoms with Gasteiger partial charge in [-0.1, -0.05) is 18.7 Å². The summed E-state index contributed by atoms with van der Waals surface area (Å²) in [5.41, 5.74) is 1.83. The summed E-state index contributed by atoms with van der Waals surface area (Å²) in [5, 5.41) is 5.76. The van der Waals surface area contributed by atoms with Gasteiger partial charge in [0.25, 0.3) is 0 Å². The van der Waals surface area contributed by atoms with Crippen molar-refractivity contribution in [2.24, 2.45) is 0 Å². The molecule has 24 heavy (non-hydrogen) atoms. The summed E-state index contributed by atoms with van der Waals surface area (Å²) in [6, 6.07) is 5.61. The second-order valence-corrected chi connectivity index (χ2v) is 5.77. The van der Waals surface area contributed by atoms with Gasteiger partial charge in [0.2, 0.25) is 5.95 Å². The van der Waals surface area contributed by atoms with Crippen LogP contribution in [0.15, 0.2) is 31.0 Å². The topological polar surface area (TPSA) is 49.8 Å². The molecular formula is C17H17F3N4. The zero-order valence-electron chi connectivity index (χ0n) is 13.1. The molecule has 3 rings (SSSR count). The van der Waals surface area contributed by atoms with Gasteiger partial charge in [0.1, 0.15) is 11.4 Å². The Balaban J connectivity index is 1.89. The number of anilines is 3. The van der Waals surface area contributed by atoms with Gasteiger partial charge < -0.3 is 10.6 Å². The molecule has 0 spiro atoms. The quantitative estimate of drug-likeness (QED) is 0.827. The van der Waals surface area contributed by atoms with E-state index in [0.29, 0.717) is 5.69 Å². The van der Waals surface area contributed by atoms with Crippen LogP contribution >= 0.6 is 0 Å². The standard InChI is InChI=1S/C17H17F3N4/c1-3-11-8-13(5-4-10(11)2)23-16-21-9-14(17(18,19)20)15(24-16)22-12-6-7-12/h3-5,8-9,12H,1,6-7H2,2H3,(H2,21,22,23,24). The third-order valence-corrected chi connectivity index (χ3v) is 3.77. The molecule has 0 unspecified atom stereocenters. The predicted octanol–water partition coefficient (Wildman–Crippen LogP) is 4.76. The Morgan fingerprint density at radius 3 is 2.67 bits per heavy atom. The molecule has 4 nitrogen and oxygen atoms in total. The Kier molecular flexibility index (Phi) is 4.17. The number of hydrogen-bond donors (Lipinski definition) is 2. The smallest absolute Gasteiger partial charge is 0.367 e. The fourth-order valence-corrected chi connectivity index (χ4v) is 2.25. The average Bonchev–Trinajstić information content (AvgIpc) is 3.32. The van der Waals surface area contributed by atoms with E-state index >= 15 is 0 Å². The molecule has 126 valence electrons. The fraction of sp³-hybridized carbons (Fsp3) is 0.294. The number of halogens is 3. The number of alkyl halides is 3. The van der Waals surface area contributed by atoms with Gasteiger partial charge in [0, 0.05) is 17.9 Å². The number of aryl methyl sites for hydroxylation is 1. The largest absolute Gasteiger partial charge is 0.421 e. The number of nitrogens with one attached hydrogen (secondary N) is 2. The van der Waals surface area contributed by atoms with Crippen LogP contribution in [0.1, 0.15) is 29.5 Å². The second kappa shape index (κ2) is 6.14. The molecule has 2 N–H and O–H groups in total. The van der Waals surface area contributed by atoms with E-state index < -0.39 is 11.7 Å². The minimum absolute atomic E-state index is 0.0561. The molecule has 1 aromatic carbocycles. The Hall–Kier alpha value is -2.57. The van der Waals surface area contributed by atoms with Crippen LogP contribution in [0.3, 0.4) is 0 Å². The molecule has 0 atom stereocenters. The summed E-state index contributed by atoms with van der Waals surface area (Å²) >= 11 is 0. The Bertz CT molecular complexity index is 767. The van der Waals surface area contributed by atoms with Crippen molar-refractivity contribution in [3.05, 3.63) is 47.7 Å². The zero-order chi connectivity index (χ0) is 17.3. The van der Waals surface area contributed by atoms with Crippen molar-refractivity contribution in [3.8, 4) is 0 Å². The summed E-state index contributed by atoms with van der Waals surface area (Å²) < 4.78 is 39.2. The molecule has 1 aliphatic carbocycles. The van der Waals surface area contributed by atoms with Gasteiger partial charge in [-0.05, 0) is 43.0 Å². The Labute approximate surface area is 137 Å². The van der Waals surface area contributed by atoms with E-state index in [1.807, 2.05) is 25.1 Å². The van der Waals surface area contributed by atoms with Crippen molar-refractivity contribution < 1.29 is 13.2 Å². The molecule has 0 bridgehead atoms. The van der Waals surface area contributed by atoms with Crippen LogP contribution in [0.25, 0.3) is 6.08 Å². The average molecular weight is 334 g/mol. The molecule has 1 aromatic heterocycles. The number of nitrogens with zero attached hydrogens (tertiary/aromatic N) is 2. The molecule has 1 heterocycles. The zero-order valence-corrected chi connectivity index (χ0v) is 13.1. The Morgan fingerprint density at radius 2 is 2.04 bits per heavy atom.